The molecule has 0 aliphatic carbocycles. The Morgan fingerprint density at radius 1 is 1.44 bits per heavy atom. The lowest BCUT2D eigenvalue weighted by molar-refractivity contribution is -0.120. The van der Waals surface area contributed by atoms with Crippen LogP contribution in [0.15, 0.2) is 22.7 Å². The number of anilines is 1. The molecule has 0 atom stereocenters. The fourth-order valence-electron chi connectivity index (χ4n) is 1.38. The zero-order valence-electron chi connectivity index (χ0n) is 9.64. The first-order valence-corrected chi connectivity index (χ1v) is 6.14. The summed E-state index contributed by atoms with van der Waals surface area (Å²) in [5.41, 5.74) is 2.29. The summed E-state index contributed by atoms with van der Waals surface area (Å²) >= 11 is 3.53. The molecule has 0 radical (unpaired) electrons. The van der Waals surface area contributed by atoms with E-state index in [-0.39, 0.29) is 5.91 Å². The second-order valence-corrected chi connectivity index (χ2v) is 4.43. The molecule has 0 unspecified atom stereocenters. The van der Waals surface area contributed by atoms with Crippen molar-refractivity contribution in [3.05, 3.63) is 28.2 Å². The molecular formula is C12H17BrN2O. The number of aryl methyl sites for hydroxylation is 1. The second kappa shape index (κ2) is 6.53. The molecule has 0 saturated carbocycles. The van der Waals surface area contributed by atoms with Crippen LogP contribution in [0.5, 0.6) is 0 Å². The van der Waals surface area contributed by atoms with Crippen molar-refractivity contribution in [3.8, 4) is 0 Å². The summed E-state index contributed by atoms with van der Waals surface area (Å²) in [5, 5.41) is 5.91. The van der Waals surface area contributed by atoms with Gasteiger partial charge in [0.1, 0.15) is 0 Å². The minimum Gasteiger partial charge on any atom is -0.384 e. The highest BCUT2D eigenvalue weighted by atomic mass is 79.9. The first-order valence-electron chi connectivity index (χ1n) is 5.34. The van der Waals surface area contributed by atoms with E-state index >= 15 is 0 Å². The molecular weight excluding hydrogens is 268 g/mol. The summed E-state index contributed by atoms with van der Waals surface area (Å²) in [4.78, 5) is 11.0. The molecule has 0 aliphatic rings. The minimum atomic E-state index is 0.0881. The molecule has 3 nitrogen and oxygen atoms in total. The molecule has 0 bridgehead atoms. The monoisotopic (exact) mass is 284 g/mol. The summed E-state index contributed by atoms with van der Waals surface area (Å²) in [5.74, 6) is 0.0881. The maximum atomic E-state index is 11.0. The van der Waals surface area contributed by atoms with E-state index in [4.69, 9.17) is 0 Å². The van der Waals surface area contributed by atoms with E-state index in [9.17, 15) is 4.79 Å². The molecule has 0 heterocycles. The van der Waals surface area contributed by atoms with Crippen LogP contribution in [0.1, 0.15) is 18.4 Å². The Balaban J connectivity index is 2.38. The third kappa shape index (κ3) is 3.85. The van der Waals surface area contributed by atoms with Crippen molar-refractivity contribution < 1.29 is 4.79 Å². The Morgan fingerprint density at radius 2 is 2.19 bits per heavy atom. The predicted molar refractivity (Wildman–Crippen MR) is 70.7 cm³/mol. The molecule has 0 aliphatic heterocycles. The largest absolute Gasteiger partial charge is 0.384 e. The van der Waals surface area contributed by atoms with Gasteiger partial charge < -0.3 is 10.6 Å². The van der Waals surface area contributed by atoms with E-state index < -0.39 is 0 Å². The first-order chi connectivity index (χ1) is 7.65. The molecule has 1 rings (SSSR count). The van der Waals surface area contributed by atoms with Gasteiger partial charge in [0.15, 0.2) is 0 Å². The normalized spacial score (nSPS) is 9.94. The molecule has 1 aromatic rings. The third-order valence-corrected chi connectivity index (χ3v) is 3.42. The summed E-state index contributed by atoms with van der Waals surface area (Å²) in [6, 6.07) is 6.10. The zero-order valence-corrected chi connectivity index (χ0v) is 11.2. The van der Waals surface area contributed by atoms with Gasteiger partial charge in [-0.2, -0.15) is 0 Å². The SMILES string of the molecule is CNC(=O)CCCNc1cccc(C)c1Br. The minimum absolute atomic E-state index is 0.0881. The van der Waals surface area contributed by atoms with E-state index in [1.807, 2.05) is 12.1 Å². The van der Waals surface area contributed by atoms with Crippen LogP contribution in [0.3, 0.4) is 0 Å². The summed E-state index contributed by atoms with van der Waals surface area (Å²) < 4.78 is 1.09. The van der Waals surface area contributed by atoms with E-state index in [0.717, 1.165) is 23.1 Å². The van der Waals surface area contributed by atoms with Gasteiger partial charge in [0.05, 0.1) is 0 Å². The molecule has 2 N–H and O–H groups in total. The molecule has 88 valence electrons. The Kier molecular flexibility index (Phi) is 5.32. The Morgan fingerprint density at radius 3 is 2.88 bits per heavy atom. The van der Waals surface area contributed by atoms with E-state index in [1.165, 1.54) is 5.56 Å². The number of benzene rings is 1. The van der Waals surface area contributed by atoms with Gasteiger partial charge >= 0.3 is 0 Å². The van der Waals surface area contributed by atoms with Crippen molar-refractivity contribution in [1.29, 1.82) is 0 Å². The van der Waals surface area contributed by atoms with Crippen molar-refractivity contribution in [2.24, 2.45) is 0 Å². The standard InChI is InChI=1S/C12H17BrN2O/c1-9-5-3-6-10(12(9)13)15-8-4-7-11(16)14-2/h3,5-6,15H,4,7-8H2,1-2H3,(H,14,16). The summed E-state index contributed by atoms with van der Waals surface area (Å²) in [7, 11) is 1.66. The van der Waals surface area contributed by atoms with Crippen molar-refractivity contribution in [2.45, 2.75) is 19.8 Å². The van der Waals surface area contributed by atoms with Gasteiger partial charge in [-0.25, -0.2) is 0 Å². The highest BCUT2D eigenvalue weighted by Gasteiger charge is 2.02. The number of carbonyl (C=O) groups excluding carboxylic acids is 1. The van der Waals surface area contributed by atoms with Crippen LogP contribution in [0.25, 0.3) is 0 Å². The number of rotatable bonds is 5. The van der Waals surface area contributed by atoms with Crippen LogP contribution in [0.4, 0.5) is 5.69 Å². The van der Waals surface area contributed by atoms with E-state index in [0.29, 0.717) is 6.42 Å². The fourth-order valence-corrected chi connectivity index (χ4v) is 1.79. The smallest absolute Gasteiger partial charge is 0.219 e. The van der Waals surface area contributed by atoms with Crippen LogP contribution < -0.4 is 10.6 Å². The van der Waals surface area contributed by atoms with Crippen molar-refractivity contribution in [2.75, 3.05) is 18.9 Å². The highest BCUT2D eigenvalue weighted by Crippen LogP contribution is 2.25. The molecule has 0 spiro atoms. The third-order valence-electron chi connectivity index (χ3n) is 2.37. The lowest BCUT2D eigenvalue weighted by Gasteiger charge is -2.09. The maximum Gasteiger partial charge on any atom is 0.219 e. The Labute approximate surface area is 105 Å². The van der Waals surface area contributed by atoms with Crippen molar-refractivity contribution in [1.82, 2.24) is 5.32 Å². The van der Waals surface area contributed by atoms with Crippen LogP contribution >= 0.6 is 15.9 Å². The van der Waals surface area contributed by atoms with Crippen LogP contribution in [-0.2, 0) is 4.79 Å². The molecule has 16 heavy (non-hydrogen) atoms. The number of carbonyl (C=O) groups is 1. The number of halogens is 1. The molecule has 4 heteroatoms. The fraction of sp³-hybridized carbons (Fsp3) is 0.417. The van der Waals surface area contributed by atoms with Gasteiger partial charge in [-0.15, -0.1) is 0 Å². The maximum absolute atomic E-state index is 11.0. The van der Waals surface area contributed by atoms with Crippen LogP contribution in [0.2, 0.25) is 0 Å². The van der Waals surface area contributed by atoms with Gasteiger partial charge in [-0.1, -0.05) is 12.1 Å². The summed E-state index contributed by atoms with van der Waals surface area (Å²) in [6.07, 6.45) is 1.40. The number of hydrogen-bond donors (Lipinski definition) is 2. The molecule has 0 fully saturated rings. The predicted octanol–water partition coefficient (Wildman–Crippen LogP) is 2.70. The topological polar surface area (TPSA) is 41.1 Å². The van der Waals surface area contributed by atoms with Gasteiger partial charge in [0, 0.05) is 30.2 Å². The highest BCUT2D eigenvalue weighted by molar-refractivity contribution is 9.10. The average molecular weight is 285 g/mol. The number of hydrogen-bond acceptors (Lipinski definition) is 2. The lowest BCUT2D eigenvalue weighted by Crippen LogP contribution is -2.18. The molecule has 0 aromatic heterocycles. The molecule has 1 amide bonds. The quantitative estimate of drug-likeness (QED) is 0.817. The lowest BCUT2D eigenvalue weighted by atomic mass is 10.2. The van der Waals surface area contributed by atoms with Gasteiger partial charge in [0.2, 0.25) is 5.91 Å². The van der Waals surface area contributed by atoms with Crippen LogP contribution in [0, 0.1) is 6.92 Å². The van der Waals surface area contributed by atoms with Gasteiger partial charge in [-0.3, -0.25) is 4.79 Å². The number of nitrogens with one attached hydrogen (secondary N) is 2. The van der Waals surface area contributed by atoms with E-state index in [2.05, 4.69) is 39.6 Å². The first kappa shape index (κ1) is 13.0. The van der Waals surface area contributed by atoms with E-state index in [1.54, 1.807) is 7.05 Å². The Hall–Kier alpha value is -1.03. The van der Waals surface area contributed by atoms with Gasteiger partial charge in [0.25, 0.3) is 0 Å². The molecule has 0 saturated heterocycles. The molecule has 1 aromatic carbocycles. The zero-order chi connectivity index (χ0) is 12.0. The van der Waals surface area contributed by atoms with Crippen molar-refractivity contribution >= 4 is 27.5 Å². The van der Waals surface area contributed by atoms with Crippen molar-refractivity contribution in [3.63, 3.8) is 0 Å². The van der Waals surface area contributed by atoms with Crippen LogP contribution in [-0.4, -0.2) is 19.5 Å². The average Bonchev–Trinajstić information content (AvgIpc) is 2.29. The summed E-state index contributed by atoms with van der Waals surface area (Å²) in [6.45, 7) is 2.86. The number of amides is 1. The Bertz CT molecular complexity index is 366. The second-order valence-electron chi connectivity index (χ2n) is 3.64. The van der Waals surface area contributed by atoms with Gasteiger partial charge in [-0.05, 0) is 40.9 Å².